The number of carbonyl (C=O) groups excluding carboxylic acids is 1. The van der Waals surface area contributed by atoms with Gasteiger partial charge < -0.3 is 9.84 Å². The van der Waals surface area contributed by atoms with Crippen LogP contribution in [-0.2, 0) is 22.6 Å². The number of rotatable bonds is 6. The SMILES string of the molecule is O=C(O[C@@H]1CCC[C@@H](N(Cc2ccccc2)Cc2ccccc2)[C@H]1O)C(F)(F)F. The molecule has 2 aromatic rings. The fourth-order valence-corrected chi connectivity index (χ4v) is 3.78. The number of aliphatic hydroxyl groups is 1. The molecule has 29 heavy (non-hydrogen) atoms. The van der Waals surface area contributed by atoms with Gasteiger partial charge in [-0.3, -0.25) is 4.90 Å². The maximum absolute atomic E-state index is 12.6. The molecule has 4 nitrogen and oxygen atoms in total. The van der Waals surface area contributed by atoms with Gasteiger partial charge in [0.25, 0.3) is 0 Å². The second-order valence-corrected chi connectivity index (χ2v) is 7.31. The van der Waals surface area contributed by atoms with Gasteiger partial charge in [0.2, 0.25) is 0 Å². The number of hydrogen-bond acceptors (Lipinski definition) is 4. The predicted molar refractivity (Wildman–Crippen MR) is 102 cm³/mol. The highest BCUT2D eigenvalue weighted by atomic mass is 19.4. The summed E-state index contributed by atoms with van der Waals surface area (Å²) in [5, 5.41) is 10.8. The maximum atomic E-state index is 12.6. The quantitative estimate of drug-likeness (QED) is 0.734. The van der Waals surface area contributed by atoms with E-state index in [1.54, 1.807) is 0 Å². The van der Waals surface area contributed by atoms with E-state index < -0.39 is 30.4 Å². The summed E-state index contributed by atoms with van der Waals surface area (Å²) in [4.78, 5) is 13.3. The summed E-state index contributed by atoms with van der Waals surface area (Å²) in [6.07, 6.45) is -6.04. The molecule has 3 atom stereocenters. The van der Waals surface area contributed by atoms with E-state index in [-0.39, 0.29) is 6.42 Å². The third-order valence-electron chi connectivity index (χ3n) is 5.18. The molecule has 156 valence electrons. The minimum atomic E-state index is -5.07. The van der Waals surface area contributed by atoms with Crippen molar-refractivity contribution in [3.63, 3.8) is 0 Å². The number of aliphatic hydroxyl groups excluding tert-OH is 1. The van der Waals surface area contributed by atoms with Crippen molar-refractivity contribution in [2.45, 2.75) is 56.8 Å². The van der Waals surface area contributed by atoms with Crippen LogP contribution in [0.4, 0.5) is 13.2 Å². The van der Waals surface area contributed by atoms with Gasteiger partial charge in [-0.2, -0.15) is 13.2 Å². The Balaban J connectivity index is 1.78. The minimum absolute atomic E-state index is 0.212. The van der Waals surface area contributed by atoms with E-state index in [4.69, 9.17) is 0 Å². The van der Waals surface area contributed by atoms with Crippen molar-refractivity contribution >= 4 is 5.97 Å². The molecule has 3 rings (SSSR count). The standard InChI is InChI=1S/C22H24F3NO3/c23-22(24,25)21(28)29-19-13-7-12-18(20(19)27)26(14-16-8-3-1-4-9-16)15-17-10-5-2-6-11-17/h1-6,8-11,18-20,27H,7,12-15H2/t18-,19-,20-/m1/s1. The monoisotopic (exact) mass is 407 g/mol. The van der Waals surface area contributed by atoms with Crippen LogP contribution in [-0.4, -0.2) is 40.4 Å². The Bertz CT molecular complexity index is 741. The second-order valence-electron chi connectivity index (χ2n) is 7.31. The number of alkyl halides is 3. The highest BCUT2D eigenvalue weighted by molar-refractivity contribution is 5.75. The van der Waals surface area contributed by atoms with Gasteiger partial charge >= 0.3 is 12.1 Å². The number of ether oxygens (including phenoxy) is 1. The molecular formula is C22H24F3NO3. The molecule has 0 aliphatic heterocycles. The number of nitrogens with zero attached hydrogens (tertiary/aromatic N) is 1. The molecule has 0 amide bonds. The van der Waals surface area contributed by atoms with Crippen molar-refractivity contribution in [2.75, 3.05) is 0 Å². The van der Waals surface area contributed by atoms with Crippen LogP contribution in [0.15, 0.2) is 60.7 Å². The van der Waals surface area contributed by atoms with Crippen LogP contribution in [0, 0.1) is 0 Å². The Morgan fingerprint density at radius 3 is 1.97 bits per heavy atom. The van der Waals surface area contributed by atoms with Gasteiger partial charge in [0, 0.05) is 19.1 Å². The molecule has 0 bridgehead atoms. The van der Waals surface area contributed by atoms with Crippen LogP contribution >= 0.6 is 0 Å². The highest BCUT2D eigenvalue weighted by Gasteiger charge is 2.45. The minimum Gasteiger partial charge on any atom is -0.453 e. The Morgan fingerprint density at radius 2 is 1.48 bits per heavy atom. The van der Waals surface area contributed by atoms with Crippen molar-refractivity contribution in [1.82, 2.24) is 4.90 Å². The van der Waals surface area contributed by atoms with Crippen LogP contribution in [0.3, 0.4) is 0 Å². The van der Waals surface area contributed by atoms with E-state index in [0.29, 0.717) is 25.9 Å². The molecule has 1 aliphatic rings. The molecule has 0 unspecified atom stereocenters. The van der Waals surface area contributed by atoms with Gasteiger partial charge in [-0.1, -0.05) is 60.7 Å². The number of halogens is 3. The van der Waals surface area contributed by atoms with Gasteiger partial charge in [-0.15, -0.1) is 0 Å². The Hall–Kier alpha value is -2.38. The number of esters is 1. The smallest absolute Gasteiger partial charge is 0.453 e. The van der Waals surface area contributed by atoms with E-state index in [1.165, 1.54) is 0 Å². The van der Waals surface area contributed by atoms with Crippen molar-refractivity contribution in [1.29, 1.82) is 0 Å². The molecule has 0 aromatic heterocycles. The molecular weight excluding hydrogens is 383 g/mol. The van der Waals surface area contributed by atoms with E-state index in [1.807, 2.05) is 65.6 Å². The molecule has 0 radical (unpaired) electrons. The third-order valence-corrected chi connectivity index (χ3v) is 5.18. The van der Waals surface area contributed by atoms with Gasteiger partial charge in [0.15, 0.2) is 0 Å². The summed E-state index contributed by atoms with van der Waals surface area (Å²) in [7, 11) is 0. The predicted octanol–water partition coefficient (Wildman–Crippen LogP) is 4.08. The van der Waals surface area contributed by atoms with Crippen molar-refractivity contribution in [2.24, 2.45) is 0 Å². The first-order valence-electron chi connectivity index (χ1n) is 9.62. The summed E-state index contributed by atoms with van der Waals surface area (Å²) in [6.45, 7) is 1.05. The first-order valence-corrected chi connectivity index (χ1v) is 9.62. The average molecular weight is 407 g/mol. The lowest BCUT2D eigenvalue weighted by atomic mass is 9.88. The molecule has 0 saturated heterocycles. The molecule has 0 spiro atoms. The van der Waals surface area contributed by atoms with Crippen LogP contribution in [0.5, 0.6) is 0 Å². The summed E-state index contributed by atoms with van der Waals surface area (Å²) >= 11 is 0. The lowest BCUT2D eigenvalue weighted by molar-refractivity contribution is -0.213. The van der Waals surface area contributed by atoms with Gasteiger partial charge in [-0.05, 0) is 30.4 Å². The van der Waals surface area contributed by atoms with Crippen LogP contribution in [0.2, 0.25) is 0 Å². The average Bonchev–Trinajstić information content (AvgIpc) is 2.70. The first-order chi connectivity index (χ1) is 13.8. The molecule has 1 fully saturated rings. The summed E-state index contributed by atoms with van der Waals surface area (Å²) in [5.41, 5.74) is 2.06. The summed E-state index contributed by atoms with van der Waals surface area (Å²) < 4.78 is 42.4. The lowest BCUT2D eigenvalue weighted by Crippen LogP contribution is -2.52. The van der Waals surface area contributed by atoms with Crippen LogP contribution in [0.25, 0.3) is 0 Å². The Labute approximate surface area is 167 Å². The van der Waals surface area contributed by atoms with Crippen LogP contribution in [0.1, 0.15) is 30.4 Å². The van der Waals surface area contributed by atoms with Gasteiger partial charge in [-0.25, -0.2) is 4.79 Å². The fourth-order valence-electron chi connectivity index (χ4n) is 3.78. The molecule has 1 aliphatic carbocycles. The highest BCUT2D eigenvalue weighted by Crippen LogP contribution is 2.30. The molecule has 1 saturated carbocycles. The maximum Gasteiger partial charge on any atom is 0.490 e. The van der Waals surface area contributed by atoms with E-state index in [9.17, 15) is 23.1 Å². The van der Waals surface area contributed by atoms with E-state index in [2.05, 4.69) is 4.74 Å². The van der Waals surface area contributed by atoms with Crippen LogP contribution < -0.4 is 0 Å². The molecule has 0 heterocycles. The van der Waals surface area contributed by atoms with Crippen molar-refractivity contribution in [3.8, 4) is 0 Å². The van der Waals surface area contributed by atoms with Gasteiger partial charge in [0.05, 0.1) is 0 Å². The number of hydrogen-bond donors (Lipinski definition) is 1. The van der Waals surface area contributed by atoms with E-state index in [0.717, 1.165) is 11.1 Å². The third kappa shape index (κ3) is 5.81. The normalized spacial score (nSPS) is 22.4. The van der Waals surface area contributed by atoms with Crippen molar-refractivity contribution in [3.05, 3.63) is 71.8 Å². The molecule has 1 N–H and O–H groups in total. The number of carbonyl (C=O) groups is 1. The Morgan fingerprint density at radius 1 is 0.966 bits per heavy atom. The molecule has 7 heteroatoms. The largest absolute Gasteiger partial charge is 0.490 e. The Kier molecular flexibility index (Phi) is 6.92. The van der Waals surface area contributed by atoms with Crippen molar-refractivity contribution < 1.29 is 27.8 Å². The zero-order valence-electron chi connectivity index (χ0n) is 15.9. The zero-order chi connectivity index (χ0) is 20.9. The second kappa shape index (κ2) is 9.41. The van der Waals surface area contributed by atoms with E-state index >= 15 is 0 Å². The zero-order valence-corrected chi connectivity index (χ0v) is 15.9. The number of benzene rings is 2. The summed E-state index contributed by atoms with van der Waals surface area (Å²) in [6, 6.07) is 18.9. The fraction of sp³-hybridized carbons (Fsp3) is 0.409. The summed E-state index contributed by atoms with van der Waals surface area (Å²) in [5.74, 6) is -2.25. The lowest BCUT2D eigenvalue weighted by Gasteiger charge is -2.41. The first kappa shape index (κ1) is 21.3. The molecule has 2 aromatic carbocycles. The van der Waals surface area contributed by atoms with Gasteiger partial charge in [0.1, 0.15) is 12.2 Å². The topological polar surface area (TPSA) is 49.8 Å².